The van der Waals surface area contributed by atoms with E-state index < -0.39 is 5.54 Å². The Morgan fingerprint density at radius 3 is 2.29 bits per heavy atom. The van der Waals surface area contributed by atoms with Gasteiger partial charge in [-0.1, -0.05) is 19.8 Å². The molecule has 4 heteroatoms. The van der Waals surface area contributed by atoms with Gasteiger partial charge < -0.3 is 10.6 Å². The Hall–Kier alpha value is -1.05. The largest absolute Gasteiger partial charge is 0.339 e. The van der Waals surface area contributed by atoms with E-state index in [-0.39, 0.29) is 5.91 Å². The molecule has 0 aromatic heterocycles. The molecular weight excluding hydrogens is 262 g/mol. The van der Waals surface area contributed by atoms with Gasteiger partial charge in [0.1, 0.15) is 5.54 Å². The van der Waals surface area contributed by atoms with Crippen LogP contribution in [0.3, 0.4) is 0 Å². The highest BCUT2D eigenvalue weighted by Gasteiger charge is 2.28. The van der Waals surface area contributed by atoms with E-state index in [1.165, 1.54) is 12.8 Å². The summed E-state index contributed by atoms with van der Waals surface area (Å²) in [4.78, 5) is 14.4. The topological polar surface area (TPSA) is 44.4 Å². The summed E-state index contributed by atoms with van der Waals surface area (Å²) in [6.45, 7) is 4.47. The van der Waals surface area contributed by atoms with E-state index in [0.29, 0.717) is 18.6 Å². The molecule has 21 heavy (non-hydrogen) atoms. The highest BCUT2D eigenvalue weighted by atomic mass is 16.2. The van der Waals surface area contributed by atoms with Crippen LogP contribution in [0.2, 0.25) is 0 Å². The van der Waals surface area contributed by atoms with Crippen molar-refractivity contribution in [1.82, 2.24) is 15.5 Å². The Labute approximate surface area is 130 Å². The number of hydrogen-bond acceptors (Lipinski definition) is 3. The molecule has 1 aliphatic carbocycles. The minimum atomic E-state index is -0.484. The molecule has 4 nitrogen and oxygen atoms in total. The van der Waals surface area contributed by atoms with Crippen LogP contribution in [0.15, 0.2) is 0 Å². The van der Waals surface area contributed by atoms with Crippen LogP contribution < -0.4 is 10.6 Å². The van der Waals surface area contributed by atoms with Gasteiger partial charge in [-0.25, -0.2) is 0 Å². The number of rotatable bonds is 7. The first-order valence-corrected chi connectivity index (χ1v) is 8.16. The molecule has 0 heterocycles. The van der Waals surface area contributed by atoms with Crippen LogP contribution >= 0.6 is 0 Å². The number of amides is 1. The monoisotopic (exact) mass is 293 g/mol. The van der Waals surface area contributed by atoms with Crippen molar-refractivity contribution in [1.29, 1.82) is 0 Å². The molecule has 120 valence electrons. The SMILES string of the molecule is C#CC(CC)(CC)NC(=O)CN(C)C1CCC(NC)CC1. The van der Waals surface area contributed by atoms with Crippen LogP contribution in [0.25, 0.3) is 0 Å². The van der Waals surface area contributed by atoms with Crippen molar-refractivity contribution < 1.29 is 4.79 Å². The Morgan fingerprint density at radius 1 is 1.29 bits per heavy atom. The van der Waals surface area contributed by atoms with Gasteiger partial charge in [0.25, 0.3) is 0 Å². The number of hydrogen-bond donors (Lipinski definition) is 2. The fourth-order valence-electron chi connectivity index (χ4n) is 3.13. The van der Waals surface area contributed by atoms with Crippen molar-refractivity contribution in [2.24, 2.45) is 0 Å². The molecule has 1 amide bonds. The molecule has 0 bridgehead atoms. The fourth-order valence-corrected chi connectivity index (χ4v) is 3.13. The zero-order valence-corrected chi connectivity index (χ0v) is 14.0. The predicted molar refractivity (Wildman–Crippen MR) is 88.0 cm³/mol. The standard InChI is InChI=1S/C17H31N3O/c1-6-17(7-2,8-3)19-16(21)13-20(5)15-11-9-14(18-4)10-12-15/h1,14-15,18H,7-13H2,2-5H3,(H,19,21). The average Bonchev–Trinajstić information content (AvgIpc) is 2.52. The van der Waals surface area contributed by atoms with Crippen LogP contribution in [-0.4, -0.2) is 49.1 Å². The highest BCUT2D eigenvalue weighted by Crippen LogP contribution is 2.22. The minimum absolute atomic E-state index is 0.0369. The van der Waals surface area contributed by atoms with Gasteiger partial charge in [0.15, 0.2) is 0 Å². The summed E-state index contributed by atoms with van der Waals surface area (Å²) in [6, 6.07) is 1.14. The molecule has 0 aliphatic heterocycles. The Kier molecular flexibility index (Phi) is 7.21. The van der Waals surface area contributed by atoms with E-state index in [0.717, 1.165) is 25.7 Å². The second-order valence-electron chi connectivity index (χ2n) is 6.19. The van der Waals surface area contributed by atoms with Gasteiger partial charge in [0.05, 0.1) is 6.54 Å². The number of nitrogens with zero attached hydrogens (tertiary/aromatic N) is 1. The molecule has 0 aromatic rings. The molecule has 1 fully saturated rings. The Morgan fingerprint density at radius 2 is 1.86 bits per heavy atom. The average molecular weight is 293 g/mol. The second-order valence-corrected chi connectivity index (χ2v) is 6.19. The third kappa shape index (κ3) is 5.01. The highest BCUT2D eigenvalue weighted by molar-refractivity contribution is 5.79. The summed E-state index contributed by atoms with van der Waals surface area (Å²) in [7, 11) is 4.07. The van der Waals surface area contributed by atoms with Gasteiger partial charge in [-0.15, -0.1) is 6.42 Å². The molecule has 0 radical (unpaired) electrons. The van der Waals surface area contributed by atoms with Gasteiger partial charge in [-0.05, 0) is 52.6 Å². The maximum atomic E-state index is 12.2. The van der Waals surface area contributed by atoms with Crippen LogP contribution in [0, 0.1) is 12.3 Å². The van der Waals surface area contributed by atoms with Gasteiger partial charge in [0.2, 0.25) is 5.91 Å². The first-order chi connectivity index (χ1) is 10.00. The lowest BCUT2D eigenvalue weighted by atomic mass is 9.90. The maximum Gasteiger partial charge on any atom is 0.235 e. The molecule has 0 saturated heterocycles. The van der Waals surface area contributed by atoms with Gasteiger partial charge >= 0.3 is 0 Å². The van der Waals surface area contributed by atoms with E-state index in [9.17, 15) is 4.79 Å². The molecule has 2 N–H and O–H groups in total. The molecule has 0 spiro atoms. The van der Waals surface area contributed by atoms with Gasteiger partial charge in [-0.2, -0.15) is 0 Å². The van der Waals surface area contributed by atoms with Crippen molar-refractivity contribution in [2.75, 3.05) is 20.6 Å². The summed E-state index contributed by atoms with van der Waals surface area (Å²) in [6.07, 6.45) is 11.8. The number of nitrogens with one attached hydrogen (secondary N) is 2. The van der Waals surface area contributed by atoms with Crippen molar-refractivity contribution in [3.63, 3.8) is 0 Å². The zero-order chi connectivity index (χ0) is 15.9. The van der Waals surface area contributed by atoms with Crippen molar-refractivity contribution in [2.45, 2.75) is 70.0 Å². The van der Waals surface area contributed by atoms with E-state index >= 15 is 0 Å². The molecule has 1 rings (SSSR count). The summed E-state index contributed by atoms with van der Waals surface area (Å²) in [5, 5.41) is 6.38. The smallest absolute Gasteiger partial charge is 0.235 e. The zero-order valence-electron chi connectivity index (χ0n) is 14.0. The molecule has 0 unspecified atom stereocenters. The first-order valence-electron chi connectivity index (χ1n) is 8.16. The van der Waals surface area contributed by atoms with Crippen molar-refractivity contribution in [3.8, 4) is 12.3 Å². The molecule has 0 aromatic carbocycles. The predicted octanol–water partition coefficient (Wildman–Crippen LogP) is 1.76. The summed E-state index contributed by atoms with van der Waals surface area (Å²) in [5.74, 6) is 2.79. The van der Waals surface area contributed by atoms with Crippen LogP contribution in [0.5, 0.6) is 0 Å². The van der Waals surface area contributed by atoms with Crippen LogP contribution in [-0.2, 0) is 4.79 Å². The van der Waals surface area contributed by atoms with Gasteiger partial charge in [0, 0.05) is 12.1 Å². The quantitative estimate of drug-likeness (QED) is 0.703. The third-order valence-corrected chi connectivity index (χ3v) is 4.98. The van der Waals surface area contributed by atoms with E-state index in [4.69, 9.17) is 6.42 Å². The molecule has 1 saturated carbocycles. The lowest BCUT2D eigenvalue weighted by molar-refractivity contribution is -0.124. The normalized spacial score (nSPS) is 22.9. The van der Waals surface area contributed by atoms with Crippen molar-refractivity contribution >= 4 is 5.91 Å². The molecule has 1 aliphatic rings. The van der Waals surface area contributed by atoms with E-state index in [1.54, 1.807) is 0 Å². The van der Waals surface area contributed by atoms with Gasteiger partial charge in [-0.3, -0.25) is 9.69 Å². The summed E-state index contributed by atoms with van der Waals surface area (Å²) in [5.41, 5.74) is -0.484. The summed E-state index contributed by atoms with van der Waals surface area (Å²) < 4.78 is 0. The third-order valence-electron chi connectivity index (χ3n) is 4.98. The first kappa shape index (κ1) is 18.0. The van der Waals surface area contributed by atoms with Crippen LogP contribution in [0.4, 0.5) is 0 Å². The van der Waals surface area contributed by atoms with E-state index in [1.807, 2.05) is 27.9 Å². The lowest BCUT2D eigenvalue weighted by Crippen LogP contribution is -2.51. The second kappa shape index (κ2) is 8.41. The fraction of sp³-hybridized carbons (Fsp3) is 0.824. The van der Waals surface area contributed by atoms with Crippen molar-refractivity contribution in [3.05, 3.63) is 0 Å². The molecule has 0 atom stereocenters. The van der Waals surface area contributed by atoms with Crippen LogP contribution in [0.1, 0.15) is 52.4 Å². The number of carbonyl (C=O) groups is 1. The number of terminal acetylenes is 1. The number of carbonyl (C=O) groups excluding carboxylic acids is 1. The number of likely N-dealkylation sites (N-methyl/N-ethyl adjacent to an activating group) is 1. The Bertz CT molecular complexity index is 363. The summed E-state index contributed by atoms with van der Waals surface area (Å²) >= 11 is 0. The van der Waals surface area contributed by atoms with E-state index in [2.05, 4.69) is 21.5 Å². The molecular formula is C17H31N3O. The maximum absolute atomic E-state index is 12.2. The Balaban J connectivity index is 2.46. The lowest BCUT2D eigenvalue weighted by Gasteiger charge is -2.35. The minimum Gasteiger partial charge on any atom is -0.339 e.